The van der Waals surface area contributed by atoms with Crippen LogP contribution in [0.2, 0.25) is 0 Å². The molecule has 0 atom stereocenters. The quantitative estimate of drug-likeness (QED) is 0.705. The number of hydrogen-bond acceptors (Lipinski definition) is 4. The van der Waals surface area contributed by atoms with Crippen molar-refractivity contribution in [3.8, 4) is 0 Å². The minimum Gasteiger partial charge on any atom is -0.386 e. The SMILES string of the molecule is CNc1cnccc1C(=O)NCCCOCC(C)C. The van der Waals surface area contributed by atoms with Crippen LogP contribution in [0.5, 0.6) is 0 Å². The summed E-state index contributed by atoms with van der Waals surface area (Å²) >= 11 is 0. The van der Waals surface area contributed by atoms with Gasteiger partial charge in [0.25, 0.3) is 5.91 Å². The molecule has 1 rings (SSSR count). The van der Waals surface area contributed by atoms with E-state index in [0.717, 1.165) is 18.7 Å². The van der Waals surface area contributed by atoms with Gasteiger partial charge in [0.1, 0.15) is 0 Å². The number of aromatic nitrogens is 1. The molecular weight excluding hydrogens is 242 g/mol. The summed E-state index contributed by atoms with van der Waals surface area (Å²) in [7, 11) is 1.77. The summed E-state index contributed by atoms with van der Waals surface area (Å²) in [5, 5.41) is 5.83. The number of nitrogens with one attached hydrogen (secondary N) is 2. The highest BCUT2D eigenvalue weighted by molar-refractivity contribution is 5.99. The number of pyridine rings is 1. The molecule has 0 radical (unpaired) electrons. The molecule has 1 heterocycles. The maximum atomic E-state index is 11.9. The van der Waals surface area contributed by atoms with Gasteiger partial charge < -0.3 is 15.4 Å². The molecule has 1 aromatic rings. The van der Waals surface area contributed by atoms with Gasteiger partial charge in [-0.1, -0.05) is 13.8 Å². The van der Waals surface area contributed by atoms with Gasteiger partial charge in [-0.15, -0.1) is 0 Å². The molecule has 5 heteroatoms. The lowest BCUT2D eigenvalue weighted by molar-refractivity contribution is 0.0925. The van der Waals surface area contributed by atoms with E-state index in [1.54, 1.807) is 25.5 Å². The minimum atomic E-state index is -0.0874. The maximum absolute atomic E-state index is 11.9. The maximum Gasteiger partial charge on any atom is 0.253 e. The van der Waals surface area contributed by atoms with Gasteiger partial charge in [0, 0.05) is 33.0 Å². The van der Waals surface area contributed by atoms with Gasteiger partial charge in [-0.25, -0.2) is 0 Å². The number of rotatable bonds is 8. The summed E-state index contributed by atoms with van der Waals surface area (Å²) in [5.74, 6) is 0.459. The fourth-order valence-electron chi connectivity index (χ4n) is 1.58. The van der Waals surface area contributed by atoms with Gasteiger partial charge in [0.2, 0.25) is 0 Å². The van der Waals surface area contributed by atoms with Crippen molar-refractivity contribution in [1.82, 2.24) is 10.3 Å². The van der Waals surface area contributed by atoms with Crippen molar-refractivity contribution in [2.24, 2.45) is 5.92 Å². The topological polar surface area (TPSA) is 63.2 Å². The van der Waals surface area contributed by atoms with Crippen molar-refractivity contribution in [2.45, 2.75) is 20.3 Å². The number of nitrogens with zero attached hydrogens (tertiary/aromatic N) is 1. The second-order valence-electron chi connectivity index (χ2n) is 4.75. The number of amides is 1. The first-order valence-corrected chi connectivity index (χ1v) is 6.63. The first-order chi connectivity index (χ1) is 9.15. The highest BCUT2D eigenvalue weighted by Crippen LogP contribution is 2.11. The molecule has 5 nitrogen and oxygen atoms in total. The van der Waals surface area contributed by atoms with Crippen LogP contribution < -0.4 is 10.6 Å². The van der Waals surface area contributed by atoms with E-state index in [0.29, 0.717) is 24.6 Å². The second kappa shape index (κ2) is 8.48. The van der Waals surface area contributed by atoms with Gasteiger partial charge in [-0.2, -0.15) is 0 Å². The highest BCUT2D eigenvalue weighted by atomic mass is 16.5. The van der Waals surface area contributed by atoms with Gasteiger partial charge in [-0.05, 0) is 18.4 Å². The van der Waals surface area contributed by atoms with E-state index in [1.165, 1.54) is 0 Å². The molecule has 0 aliphatic carbocycles. The normalized spacial score (nSPS) is 10.5. The second-order valence-corrected chi connectivity index (χ2v) is 4.75. The summed E-state index contributed by atoms with van der Waals surface area (Å²) in [4.78, 5) is 15.9. The van der Waals surface area contributed by atoms with E-state index in [2.05, 4.69) is 29.5 Å². The van der Waals surface area contributed by atoms with E-state index >= 15 is 0 Å². The average molecular weight is 265 g/mol. The number of ether oxygens (including phenoxy) is 1. The fraction of sp³-hybridized carbons (Fsp3) is 0.571. The molecule has 0 aliphatic rings. The Balaban J connectivity index is 2.28. The standard InChI is InChI=1S/C14H23N3O2/c1-11(2)10-19-8-4-6-17-14(18)12-5-7-16-9-13(12)15-3/h5,7,9,11,15H,4,6,8,10H2,1-3H3,(H,17,18). The van der Waals surface area contributed by atoms with E-state index in [9.17, 15) is 4.79 Å². The molecule has 0 spiro atoms. The zero-order chi connectivity index (χ0) is 14.1. The van der Waals surface area contributed by atoms with Crippen LogP contribution >= 0.6 is 0 Å². The van der Waals surface area contributed by atoms with Gasteiger partial charge >= 0.3 is 0 Å². The molecule has 2 N–H and O–H groups in total. The van der Waals surface area contributed by atoms with Crippen LogP contribution in [0.15, 0.2) is 18.5 Å². The average Bonchev–Trinajstić information content (AvgIpc) is 2.42. The molecular formula is C14H23N3O2. The fourth-order valence-corrected chi connectivity index (χ4v) is 1.58. The summed E-state index contributed by atoms with van der Waals surface area (Å²) in [6.45, 7) is 6.29. The Morgan fingerprint density at radius 1 is 1.47 bits per heavy atom. The lowest BCUT2D eigenvalue weighted by atomic mass is 10.2. The predicted molar refractivity (Wildman–Crippen MR) is 76.4 cm³/mol. The van der Waals surface area contributed by atoms with Crippen molar-refractivity contribution in [3.63, 3.8) is 0 Å². The Morgan fingerprint density at radius 3 is 2.95 bits per heavy atom. The van der Waals surface area contributed by atoms with Crippen LogP contribution in [-0.4, -0.2) is 37.7 Å². The van der Waals surface area contributed by atoms with Crippen LogP contribution in [-0.2, 0) is 4.74 Å². The number of carbonyl (C=O) groups is 1. The number of carbonyl (C=O) groups excluding carboxylic acids is 1. The zero-order valence-corrected chi connectivity index (χ0v) is 11.9. The lowest BCUT2D eigenvalue weighted by Crippen LogP contribution is -2.26. The van der Waals surface area contributed by atoms with Crippen LogP contribution in [0, 0.1) is 5.92 Å². The molecule has 1 amide bonds. The van der Waals surface area contributed by atoms with Crippen LogP contribution in [0.4, 0.5) is 5.69 Å². The number of anilines is 1. The molecule has 0 fully saturated rings. The summed E-state index contributed by atoms with van der Waals surface area (Å²) in [6, 6.07) is 1.70. The van der Waals surface area contributed by atoms with E-state index in [4.69, 9.17) is 4.74 Å². The molecule has 0 aromatic carbocycles. The summed E-state index contributed by atoms with van der Waals surface area (Å²) < 4.78 is 5.45. The van der Waals surface area contributed by atoms with E-state index in [-0.39, 0.29) is 5.91 Å². The molecule has 0 aliphatic heterocycles. The Bertz CT molecular complexity index is 394. The first kappa shape index (κ1) is 15.4. The summed E-state index contributed by atoms with van der Waals surface area (Å²) in [6.07, 6.45) is 4.07. The van der Waals surface area contributed by atoms with Gasteiger partial charge in [-0.3, -0.25) is 9.78 Å². The van der Waals surface area contributed by atoms with Crippen molar-refractivity contribution in [3.05, 3.63) is 24.0 Å². The Labute approximate surface area is 114 Å². The molecule has 0 saturated heterocycles. The Kier molecular flexibility index (Phi) is 6.89. The molecule has 0 bridgehead atoms. The minimum absolute atomic E-state index is 0.0874. The summed E-state index contributed by atoms with van der Waals surface area (Å²) in [5.41, 5.74) is 1.34. The largest absolute Gasteiger partial charge is 0.386 e. The Hall–Kier alpha value is -1.62. The van der Waals surface area contributed by atoms with Crippen LogP contribution in [0.1, 0.15) is 30.6 Å². The van der Waals surface area contributed by atoms with E-state index in [1.807, 2.05) is 0 Å². The van der Waals surface area contributed by atoms with Crippen molar-refractivity contribution >= 4 is 11.6 Å². The van der Waals surface area contributed by atoms with Crippen molar-refractivity contribution in [1.29, 1.82) is 0 Å². The molecule has 19 heavy (non-hydrogen) atoms. The molecule has 106 valence electrons. The van der Waals surface area contributed by atoms with Crippen LogP contribution in [0.3, 0.4) is 0 Å². The highest BCUT2D eigenvalue weighted by Gasteiger charge is 2.09. The predicted octanol–water partition coefficient (Wildman–Crippen LogP) is 1.92. The van der Waals surface area contributed by atoms with Crippen molar-refractivity contribution in [2.75, 3.05) is 32.1 Å². The number of hydrogen-bond donors (Lipinski definition) is 2. The van der Waals surface area contributed by atoms with E-state index < -0.39 is 0 Å². The van der Waals surface area contributed by atoms with Gasteiger partial charge in [0.05, 0.1) is 17.4 Å². The van der Waals surface area contributed by atoms with Gasteiger partial charge in [0.15, 0.2) is 0 Å². The lowest BCUT2D eigenvalue weighted by Gasteiger charge is -2.10. The zero-order valence-electron chi connectivity index (χ0n) is 11.9. The molecule has 1 aromatic heterocycles. The third-order valence-electron chi connectivity index (χ3n) is 2.54. The molecule has 0 saturated carbocycles. The third-order valence-corrected chi connectivity index (χ3v) is 2.54. The van der Waals surface area contributed by atoms with Crippen LogP contribution in [0.25, 0.3) is 0 Å². The Morgan fingerprint density at radius 2 is 2.26 bits per heavy atom. The van der Waals surface area contributed by atoms with Crippen molar-refractivity contribution < 1.29 is 9.53 Å². The monoisotopic (exact) mass is 265 g/mol. The first-order valence-electron chi connectivity index (χ1n) is 6.63. The third kappa shape index (κ3) is 5.70. The molecule has 0 unspecified atom stereocenters. The smallest absolute Gasteiger partial charge is 0.253 e.